The van der Waals surface area contributed by atoms with Gasteiger partial charge in [-0.05, 0) is 48.9 Å². The van der Waals surface area contributed by atoms with Gasteiger partial charge in [0.05, 0.1) is 22.0 Å². The first-order chi connectivity index (χ1) is 15.3. The van der Waals surface area contributed by atoms with Crippen molar-refractivity contribution in [2.45, 2.75) is 11.8 Å². The minimum Gasteiger partial charge on any atom is -0.323 e. The van der Waals surface area contributed by atoms with Crippen molar-refractivity contribution >= 4 is 50.5 Å². The number of aryl methyl sites for hydroxylation is 1. The van der Waals surface area contributed by atoms with Gasteiger partial charge in [-0.15, -0.1) is 0 Å². The molecule has 164 valence electrons. The van der Waals surface area contributed by atoms with E-state index in [0.717, 1.165) is 9.87 Å². The van der Waals surface area contributed by atoms with Crippen LogP contribution in [0.3, 0.4) is 0 Å². The van der Waals surface area contributed by atoms with Gasteiger partial charge in [0.1, 0.15) is 13.1 Å². The van der Waals surface area contributed by atoms with E-state index < -0.39 is 22.5 Å². The van der Waals surface area contributed by atoms with Crippen molar-refractivity contribution in [3.8, 4) is 0 Å². The van der Waals surface area contributed by atoms with Gasteiger partial charge < -0.3 is 5.32 Å². The number of benzene rings is 3. The Balaban J connectivity index is 1.75. The zero-order valence-corrected chi connectivity index (χ0v) is 18.7. The number of carbonyl (C=O) groups excluding carboxylic acids is 2. The number of hydrogen-bond donors (Lipinski definition) is 1. The average molecular weight is 470 g/mol. The molecule has 2 amide bonds. The number of rotatable bonds is 5. The van der Waals surface area contributed by atoms with Crippen molar-refractivity contribution < 1.29 is 18.0 Å². The zero-order chi connectivity index (χ0) is 22.9. The van der Waals surface area contributed by atoms with E-state index in [4.69, 9.17) is 11.6 Å². The van der Waals surface area contributed by atoms with Crippen LogP contribution in [0.15, 0.2) is 77.7 Å². The highest BCUT2D eigenvalue weighted by atomic mass is 35.5. The molecule has 7 nitrogen and oxygen atoms in total. The van der Waals surface area contributed by atoms with Crippen LogP contribution in [0.4, 0.5) is 17.1 Å². The maximum Gasteiger partial charge on any atom is 0.264 e. The molecule has 0 unspecified atom stereocenters. The van der Waals surface area contributed by atoms with Gasteiger partial charge in [-0.1, -0.05) is 48.0 Å². The molecule has 0 saturated heterocycles. The molecule has 3 aromatic rings. The minimum atomic E-state index is -4.08. The monoisotopic (exact) mass is 469 g/mol. The molecule has 1 aliphatic rings. The molecular weight excluding hydrogens is 450 g/mol. The van der Waals surface area contributed by atoms with Crippen molar-refractivity contribution in [2.24, 2.45) is 0 Å². The van der Waals surface area contributed by atoms with Crippen LogP contribution in [0.1, 0.15) is 5.56 Å². The first-order valence-electron chi connectivity index (χ1n) is 9.80. The van der Waals surface area contributed by atoms with Crippen LogP contribution in [-0.4, -0.2) is 33.3 Å². The third-order valence-electron chi connectivity index (χ3n) is 5.13. The van der Waals surface area contributed by atoms with E-state index in [2.05, 4.69) is 5.32 Å². The number of fused-ring (bicyclic) bond motifs is 1. The quantitative estimate of drug-likeness (QED) is 0.615. The summed E-state index contributed by atoms with van der Waals surface area (Å²) in [6.45, 7) is 1.10. The maximum atomic E-state index is 13.5. The Morgan fingerprint density at radius 1 is 1.06 bits per heavy atom. The van der Waals surface area contributed by atoms with Gasteiger partial charge in [-0.2, -0.15) is 0 Å². The fourth-order valence-electron chi connectivity index (χ4n) is 3.44. The van der Waals surface area contributed by atoms with Crippen LogP contribution < -0.4 is 14.5 Å². The van der Waals surface area contributed by atoms with Crippen molar-refractivity contribution in [1.29, 1.82) is 0 Å². The summed E-state index contributed by atoms with van der Waals surface area (Å²) in [6.07, 6.45) is 0. The summed E-state index contributed by atoms with van der Waals surface area (Å²) in [5.41, 5.74) is 2.04. The number of anilines is 3. The third-order valence-corrected chi connectivity index (χ3v) is 7.32. The third kappa shape index (κ3) is 4.19. The number of hydrogen-bond acceptors (Lipinski definition) is 4. The Labute approximate surface area is 191 Å². The minimum absolute atomic E-state index is 0.0429. The molecule has 9 heteroatoms. The normalized spacial score (nSPS) is 13.3. The molecule has 32 heavy (non-hydrogen) atoms. The van der Waals surface area contributed by atoms with E-state index in [1.165, 1.54) is 23.1 Å². The lowest BCUT2D eigenvalue weighted by Crippen LogP contribution is -2.48. The van der Waals surface area contributed by atoms with Gasteiger partial charge in [0.25, 0.3) is 10.0 Å². The van der Waals surface area contributed by atoms with Crippen LogP contribution in [-0.2, 0) is 19.6 Å². The Bertz CT molecular complexity index is 1300. The van der Waals surface area contributed by atoms with Gasteiger partial charge in [-0.25, -0.2) is 8.42 Å². The van der Waals surface area contributed by atoms with Gasteiger partial charge in [0.2, 0.25) is 11.8 Å². The highest BCUT2D eigenvalue weighted by molar-refractivity contribution is 7.92. The molecule has 0 bridgehead atoms. The van der Waals surface area contributed by atoms with Crippen molar-refractivity contribution in [3.63, 3.8) is 0 Å². The molecule has 0 radical (unpaired) electrons. The predicted octanol–water partition coefficient (Wildman–Crippen LogP) is 3.83. The number of nitrogens with one attached hydrogen (secondary N) is 1. The summed E-state index contributed by atoms with van der Waals surface area (Å²) in [5, 5.41) is 3.10. The Morgan fingerprint density at radius 3 is 2.47 bits per heavy atom. The Morgan fingerprint density at radius 2 is 1.75 bits per heavy atom. The molecule has 3 aromatic carbocycles. The van der Waals surface area contributed by atoms with E-state index in [9.17, 15) is 18.0 Å². The summed E-state index contributed by atoms with van der Waals surface area (Å²) >= 11 is 6.26. The Hall–Kier alpha value is -3.36. The molecule has 1 N–H and O–H groups in total. The first-order valence-corrected chi connectivity index (χ1v) is 11.6. The second-order valence-electron chi connectivity index (χ2n) is 7.30. The molecule has 0 fully saturated rings. The van der Waals surface area contributed by atoms with Crippen LogP contribution in [0.25, 0.3) is 0 Å². The van der Waals surface area contributed by atoms with E-state index in [-0.39, 0.29) is 23.0 Å². The van der Waals surface area contributed by atoms with Crippen LogP contribution in [0.2, 0.25) is 5.02 Å². The second-order valence-corrected chi connectivity index (χ2v) is 9.57. The lowest BCUT2D eigenvalue weighted by Gasteiger charge is -2.32. The van der Waals surface area contributed by atoms with Crippen LogP contribution in [0, 0.1) is 6.92 Å². The van der Waals surface area contributed by atoms with E-state index in [1.54, 1.807) is 61.5 Å². The number of carbonyl (C=O) groups is 2. The van der Waals surface area contributed by atoms with Crippen LogP contribution >= 0.6 is 11.6 Å². The maximum absolute atomic E-state index is 13.5. The second kappa shape index (κ2) is 8.64. The number of nitrogens with zero attached hydrogens (tertiary/aromatic N) is 2. The highest BCUT2D eigenvalue weighted by Gasteiger charge is 2.32. The molecule has 4 rings (SSSR count). The van der Waals surface area contributed by atoms with E-state index in [1.807, 2.05) is 0 Å². The highest BCUT2D eigenvalue weighted by Crippen LogP contribution is 2.31. The van der Waals surface area contributed by atoms with Gasteiger partial charge in [-0.3, -0.25) is 18.8 Å². The SMILES string of the molecule is Cc1ccc(N(CC(=O)N2CC(=O)Nc3ccccc32)S(=O)(=O)c2ccccc2)cc1Cl. The molecular formula is C23H20ClN3O4S. The summed E-state index contributed by atoms with van der Waals surface area (Å²) in [5.74, 6) is -0.892. The lowest BCUT2D eigenvalue weighted by atomic mass is 10.2. The van der Waals surface area contributed by atoms with Gasteiger partial charge in [0.15, 0.2) is 0 Å². The summed E-state index contributed by atoms with van der Waals surface area (Å²) in [4.78, 5) is 26.8. The zero-order valence-electron chi connectivity index (χ0n) is 17.2. The molecule has 0 saturated carbocycles. The largest absolute Gasteiger partial charge is 0.323 e. The predicted molar refractivity (Wildman–Crippen MR) is 125 cm³/mol. The molecule has 1 aliphatic heterocycles. The summed E-state index contributed by atoms with van der Waals surface area (Å²) < 4.78 is 28.0. The Kier molecular flexibility index (Phi) is 5.90. The van der Waals surface area contributed by atoms with Crippen molar-refractivity contribution in [2.75, 3.05) is 27.6 Å². The number of halogens is 1. The first kappa shape index (κ1) is 21.9. The summed E-state index contributed by atoms with van der Waals surface area (Å²) in [7, 11) is -4.08. The molecule has 0 aromatic heterocycles. The molecule has 0 spiro atoms. The number of amides is 2. The van der Waals surface area contributed by atoms with Gasteiger partial charge >= 0.3 is 0 Å². The van der Waals surface area contributed by atoms with E-state index >= 15 is 0 Å². The molecule has 0 atom stereocenters. The van der Waals surface area contributed by atoms with E-state index in [0.29, 0.717) is 16.4 Å². The smallest absolute Gasteiger partial charge is 0.264 e. The fourth-order valence-corrected chi connectivity index (χ4v) is 5.04. The number of sulfonamides is 1. The lowest BCUT2D eigenvalue weighted by molar-refractivity contribution is -0.121. The van der Waals surface area contributed by atoms with Crippen molar-refractivity contribution in [3.05, 3.63) is 83.4 Å². The topological polar surface area (TPSA) is 86.8 Å². The average Bonchev–Trinajstić information content (AvgIpc) is 2.79. The van der Waals surface area contributed by atoms with Crippen LogP contribution in [0.5, 0.6) is 0 Å². The standard InChI is InChI=1S/C23H20ClN3O4S/c1-16-11-12-17(13-19(16)24)27(32(30,31)18-7-3-2-4-8-18)15-23(29)26-14-22(28)25-20-9-5-6-10-21(20)26/h2-13H,14-15H2,1H3,(H,25,28). The molecule has 1 heterocycles. The molecule has 0 aliphatic carbocycles. The number of para-hydroxylation sites is 2. The summed E-state index contributed by atoms with van der Waals surface area (Å²) in [6, 6.07) is 19.5. The van der Waals surface area contributed by atoms with Gasteiger partial charge in [0, 0.05) is 5.02 Å². The van der Waals surface area contributed by atoms with Crippen molar-refractivity contribution in [1.82, 2.24) is 0 Å². The fraction of sp³-hybridized carbons (Fsp3) is 0.130.